The van der Waals surface area contributed by atoms with Crippen LogP contribution in [0, 0.1) is 5.82 Å². The molecule has 0 aromatic heterocycles. The molecule has 1 aromatic carbocycles. The quantitative estimate of drug-likeness (QED) is 0.595. The van der Waals surface area contributed by atoms with Crippen molar-refractivity contribution in [2.45, 2.75) is 0 Å². The minimum atomic E-state index is -0.693. The Balaban J connectivity index is 2.32. The molecule has 6 heteroatoms. The minimum Gasteiger partial charge on any atom is -0.505 e. The van der Waals surface area contributed by atoms with Gasteiger partial charge >= 0.3 is 0 Å². The number of carbonyl (C=O) groups is 1. The van der Waals surface area contributed by atoms with E-state index in [1.165, 1.54) is 12.1 Å². The second kappa shape index (κ2) is 4.23. The lowest BCUT2D eigenvalue weighted by Crippen LogP contribution is -2.17. The van der Waals surface area contributed by atoms with Crippen LogP contribution in [0.4, 0.5) is 4.39 Å². The van der Waals surface area contributed by atoms with E-state index in [0.717, 1.165) is 17.8 Å². The fraction of sp³-hybridized carbons (Fsp3) is 0. The number of rotatable bonds is 1. The third-order valence-corrected chi connectivity index (χ3v) is 3.07. The molecule has 1 aliphatic heterocycles. The van der Waals surface area contributed by atoms with Crippen LogP contribution in [0.3, 0.4) is 0 Å². The number of nitrogens with one attached hydrogen (secondary N) is 1. The Bertz CT molecular complexity index is 514. The first kappa shape index (κ1) is 11.1. The van der Waals surface area contributed by atoms with Crippen molar-refractivity contribution in [3.8, 4) is 5.75 Å². The van der Waals surface area contributed by atoms with Crippen LogP contribution in [0.5, 0.6) is 5.75 Å². The molecule has 1 amide bonds. The molecule has 0 saturated carbocycles. The molecular formula is C10H6FNO2S2. The van der Waals surface area contributed by atoms with Crippen LogP contribution in [0.2, 0.25) is 0 Å². The average molecular weight is 255 g/mol. The predicted octanol–water partition coefficient (Wildman–Crippen LogP) is 2.02. The number of thiocarbonyl (C=S) groups is 1. The van der Waals surface area contributed by atoms with Crippen LogP contribution in [0.15, 0.2) is 23.1 Å². The van der Waals surface area contributed by atoms with Gasteiger partial charge in [-0.05, 0) is 23.8 Å². The number of benzene rings is 1. The molecule has 0 bridgehead atoms. The van der Waals surface area contributed by atoms with Crippen LogP contribution in [-0.4, -0.2) is 15.3 Å². The zero-order chi connectivity index (χ0) is 11.7. The zero-order valence-electron chi connectivity index (χ0n) is 7.86. The third-order valence-electron chi connectivity index (χ3n) is 1.91. The smallest absolute Gasteiger partial charge is 0.263 e. The summed E-state index contributed by atoms with van der Waals surface area (Å²) in [5.41, 5.74) is 0.543. The number of carbonyl (C=O) groups excluding carboxylic acids is 1. The molecule has 2 rings (SSSR count). The lowest BCUT2D eigenvalue weighted by Gasteiger charge is -1.97. The molecule has 1 saturated heterocycles. The van der Waals surface area contributed by atoms with E-state index < -0.39 is 11.6 Å². The molecule has 1 heterocycles. The number of hydrogen-bond acceptors (Lipinski definition) is 4. The Kier molecular flexibility index (Phi) is 2.93. The van der Waals surface area contributed by atoms with Crippen molar-refractivity contribution in [2.24, 2.45) is 0 Å². The average Bonchev–Trinajstić information content (AvgIpc) is 2.51. The highest BCUT2D eigenvalue weighted by Gasteiger charge is 2.21. The highest BCUT2D eigenvalue weighted by atomic mass is 32.2. The van der Waals surface area contributed by atoms with Gasteiger partial charge in [-0.15, -0.1) is 0 Å². The van der Waals surface area contributed by atoms with Gasteiger partial charge in [-0.1, -0.05) is 30.0 Å². The van der Waals surface area contributed by atoms with Gasteiger partial charge in [-0.2, -0.15) is 0 Å². The molecule has 82 valence electrons. The zero-order valence-corrected chi connectivity index (χ0v) is 9.49. The SMILES string of the molecule is O=C1NC(=S)S/C1=C\c1ccc(F)c(O)c1. The van der Waals surface area contributed by atoms with Crippen molar-refractivity contribution >= 4 is 40.3 Å². The molecule has 0 aliphatic carbocycles. The second-order valence-electron chi connectivity index (χ2n) is 3.06. The topological polar surface area (TPSA) is 49.3 Å². The second-order valence-corrected chi connectivity index (χ2v) is 4.78. The number of halogens is 1. The van der Waals surface area contributed by atoms with E-state index in [-0.39, 0.29) is 5.91 Å². The number of hydrogen-bond donors (Lipinski definition) is 2. The Morgan fingerprint density at radius 3 is 2.81 bits per heavy atom. The summed E-state index contributed by atoms with van der Waals surface area (Å²) in [6, 6.07) is 3.85. The van der Waals surface area contributed by atoms with Gasteiger partial charge in [0.25, 0.3) is 5.91 Å². The maximum Gasteiger partial charge on any atom is 0.263 e. The van der Waals surface area contributed by atoms with Crippen molar-refractivity contribution < 1.29 is 14.3 Å². The third kappa shape index (κ3) is 2.23. The van der Waals surface area contributed by atoms with Gasteiger partial charge in [0.2, 0.25) is 0 Å². The van der Waals surface area contributed by atoms with E-state index in [1.54, 1.807) is 6.08 Å². The summed E-state index contributed by atoms with van der Waals surface area (Å²) in [6.07, 6.45) is 1.54. The summed E-state index contributed by atoms with van der Waals surface area (Å²) in [4.78, 5) is 11.7. The molecule has 1 aromatic rings. The largest absolute Gasteiger partial charge is 0.505 e. The summed E-state index contributed by atoms with van der Waals surface area (Å²) in [7, 11) is 0. The van der Waals surface area contributed by atoms with Crippen molar-refractivity contribution in [1.29, 1.82) is 0 Å². The van der Waals surface area contributed by atoms with Gasteiger partial charge in [-0.25, -0.2) is 4.39 Å². The number of thioether (sulfide) groups is 1. The van der Waals surface area contributed by atoms with Crippen LogP contribution in [0.1, 0.15) is 5.56 Å². The maximum atomic E-state index is 12.8. The molecule has 0 radical (unpaired) electrons. The Morgan fingerprint density at radius 2 is 2.25 bits per heavy atom. The molecule has 0 spiro atoms. The molecule has 16 heavy (non-hydrogen) atoms. The van der Waals surface area contributed by atoms with E-state index in [9.17, 15) is 9.18 Å². The summed E-state index contributed by atoms with van der Waals surface area (Å²) in [6.45, 7) is 0. The van der Waals surface area contributed by atoms with Gasteiger partial charge in [0.1, 0.15) is 4.32 Å². The molecule has 0 atom stereocenters. The van der Waals surface area contributed by atoms with E-state index in [1.807, 2.05) is 0 Å². The number of aromatic hydroxyl groups is 1. The Morgan fingerprint density at radius 1 is 1.50 bits per heavy atom. The Labute approximate surface area is 100 Å². The van der Waals surface area contributed by atoms with Crippen molar-refractivity contribution in [1.82, 2.24) is 5.32 Å². The first-order valence-electron chi connectivity index (χ1n) is 4.29. The summed E-state index contributed by atoms with van der Waals surface area (Å²) in [5, 5.41) is 11.6. The van der Waals surface area contributed by atoms with E-state index in [2.05, 4.69) is 5.32 Å². The first-order chi connectivity index (χ1) is 7.56. The standard InChI is InChI=1S/C10H6FNO2S2/c11-6-2-1-5(3-7(6)13)4-8-9(14)12-10(15)16-8/h1-4,13H,(H,12,14,15)/b8-4-. The number of phenols is 1. The molecule has 0 unspecified atom stereocenters. The minimum absolute atomic E-state index is 0.279. The van der Waals surface area contributed by atoms with Crippen molar-refractivity contribution in [3.05, 3.63) is 34.5 Å². The fourth-order valence-corrected chi connectivity index (χ4v) is 2.24. The van der Waals surface area contributed by atoms with E-state index >= 15 is 0 Å². The van der Waals surface area contributed by atoms with E-state index in [4.69, 9.17) is 17.3 Å². The van der Waals surface area contributed by atoms with E-state index in [0.29, 0.717) is 14.8 Å². The predicted molar refractivity (Wildman–Crippen MR) is 64.4 cm³/mol. The lowest BCUT2D eigenvalue weighted by molar-refractivity contribution is -0.115. The number of amides is 1. The molecule has 1 fully saturated rings. The van der Waals surface area contributed by atoms with Gasteiger partial charge in [0.05, 0.1) is 4.91 Å². The van der Waals surface area contributed by atoms with Gasteiger partial charge < -0.3 is 10.4 Å². The van der Waals surface area contributed by atoms with Crippen molar-refractivity contribution in [3.63, 3.8) is 0 Å². The molecular weight excluding hydrogens is 249 g/mol. The number of phenolic OH excluding ortho intramolecular Hbond substituents is 1. The summed E-state index contributed by atoms with van der Waals surface area (Å²) < 4.78 is 13.2. The first-order valence-corrected chi connectivity index (χ1v) is 5.52. The molecule has 3 nitrogen and oxygen atoms in total. The highest BCUT2D eigenvalue weighted by molar-refractivity contribution is 8.26. The molecule has 2 N–H and O–H groups in total. The Hall–Kier alpha value is -1.40. The van der Waals surface area contributed by atoms with Crippen LogP contribution in [-0.2, 0) is 4.79 Å². The summed E-state index contributed by atoms with van der Waals surface area (Å²) in [5.74, 6) is -1.42. The summed E-state index contributed by atoms with van der Waals surface area (Å²) >= 11 is 5.95. The lowest BCUT2D eigenvalue weighted by atomic mass is 10.2. The monoisotopic (exact) mass is 255 g/mol. The van der Waals surface area contributed by atoms with Gasteiger partial charge in [0.15, 0.2) is 11.6 Å². The van der Waals surface area contributed by atoms with Gasteiger partial charge in [0, 0.05) is 0 Å². The van der Waals surface area contributed by atoms with Crippen LogP contribution in [0.25, 0.3) is 6.08 Å². The van der Waals surface area contributed by atoms with Crippen LogP contribution >= 0.6 is 24.0 Å². The molecule has 1 aliphatic rings. The highest BCUT2D eigenvalue weighted by Crippen LogP contribution is 2.27. The van der Waals surface area contributed by atoms with Crippen LogP contribution < -0.4 is 5.32 Å². The maximum absolute atomic E-state index is 12.8. The van der Waals surface area contributed by atoms with Gasteiger partial charge in [-0.3, -0.25) is 4.79 Å². The fourth-order valence-electron chi connectivity index (χ4n) is 1.19. The normalized spacial score (nSPS) is 17.9. The van der Waals surface area contributed by atoms with Crippen molar-refractivity contribution in [2.75, 3.05) is 0 Å².